The summed E-state index contributed by atoms with van der Waals surface area (Å²) in [7, 11) is 0. The van der Waals surface area contributed by atoms with Crippen LogP contribution in [-0.2, 0) is 4.74 Å². The van der Waals surface area contributed by atoms with Crippen molar-refractivity contribution < 1.29 is 4.74 Å². The number of hydrogen-bond acceptors (Lipinski definition) is 5. The fourth-order valence-electron chi connectivity index (χ4n) is 1.35. The predicted molar refractivity (Wildman–Crippen MR) is 48.4 cm³/mol. The third kappa shape index (κ3) is 1.57. The van der Waals surface area contributed by atoms with Crippen molar-refractivity contribution in [2.75, 3.05) is 30.3 Å². The van der Waals surface area contributed by atoms with Gasteiger partial charge in [0.15, 0.2) is 0 Å². The minimum absolute atomic E-state index is 0.324. The Labute approximate surface area is 76.1 Å². The van der Waals surface area contributed by atoms with Crippen molar-refractivity contribution in [3.05, 3.63) is 0 Å². The number of aromatic nitrogens is 3. The van der Waals surface area contributed by atoms with E-state index in [-0.39, 0.29) is 0 Å². The van der Waals surface area contributed by atoms with Crippen LogP contribution in [-0.4, -0.2) is 41.0 Å². The zero-order valence-electron chi connectivity index (χ0n) is 7.53. The van der Waals surface area contributed by atoms with Crippen molar-refractivity contribution in [3.8, 4) is 0 Å². The summed E-state index contributed by atoms with van der Waals surface area (Å²) < 4.78 is 5.40. The van der Waals surface area contributed by atoms with E-state index >= 15 is 0 Å². The van der Waals surface area contributed by atoms with Gasteiger partial charge in [-0.05, 0) is 6.92 Å². The van der Waals surface area contributed by atoms with Crippen molar-refractivity contribution in [2.24, 2.45) is 0 Å². The van der Waals surface area contributed by atoms with E-state index in [9.17, 15) is 0 Å². The highest BCUT2D eigenvalue weighted by Crippen LogP contribution is 2.18. The first-order valence-electron chi connectivity index (χ1n) is 4.34. The molecule has 13 heavy (non-hydrogen) atoms. The minimum Gasteiger partial charge on any atom is -0.375 e. The Bertz CT molecular complexity index is 280. The van der Waals surface area contributed by atoms with Crippen LogP contribution in [0.4, 0.5) is 11.9 Å². The van der Waals surface area contributed by atoms with Crippen LogP contribution >= 0.6 is 0 Å². The molecular formula is C7H13N5O. The van der Waals surface area contributed by atoms with Crippen molar-refractivity contribution in [2.45, 2.75) is 13.0 Å². The number of anilines is 2. The fraction of sp³-hybridized carbons (Fsp3) is 0.714. The Kier molecular flexibility index (Phi) is 2.05. The number of ether oxygens (including phenoxy) is 1. The molecule has 72 valence electrons. The fourth-order valence-corrected chi connectivity index (χ4v) is 1.35. The molecule has 0 unspecified atom stereocenters. The zero-order valence-corrected chi connectivity index (χ0v) is 7.53. The van der Waals surface area contributed by atoms with E-state index in [0.717, 1.165) is 19.7 Å². The highest BCUT2D eigenvalue weighted by molar-refractivity contribution is 5.37. The average Bonchev–Trinajstić information content (AvgIpc) is 2.43. The van der Waals surface area contributed by atoms with Crippen LogP contribution in [0.2, 0.25) is 0 Å². The number of nitrogens with one attached hydrogen (secondary N) is 1. The second-order valence-corrected chi connectivity index (χ2v) is 3.00. The maximum atomic E-state index is 5.40. The van der Waals surface area contributed by atoms with E-state index < -0.39 is 0 Å². The van der Waals surface area contributed by atoms with Gasteiger partial charge in [0.2, 0.25) is 11.9 Å². The number of rotatable bonds is 3. The lowest BCUT2D eigenvalue weighted by Crippen LogP contribution is -2.52. The van der Waals surface area contributed by atoms with Gasteiger partial charge in [-0.3, -0.25) is 0 Å². The largest absolute Gasteiger partial charge is 0.375 e. The van der Waals surface area contributed by atoms with E-state index in [1.807, 2.05) is 11.8 Å². The van der Waals surface area contributed by atoms with Crippen molar-refractivity contribution in [1.82, 2.24) is 15.2 Å². The summed E-state index contributed by atoms with van der Waals surface area (Å²) >= 11 is 0. The molecule has 1 aliphatic rings. The Balaban J connectivity index is 1.86. The molecule has 3 N–H and O–H groups in total. The van der Waals surface area contributed by atoms with Crippen molar-refractivity contribution in [1.29, 1.82) is 0 Å². The maximum Gasteiger partial charge on any atom is 0.246 e. The molecule has 6 nitrogen and oxygen atoms in total. The summed E-state index contributed by atoms with van der Waals surface area (Å²) in [6.45, 7) is 4.46. The van der Waals surface area contributed by atoms with Crippen LogP contribution < -0.4 is 10.6 Å². The highest BCUT2D eigenvalue weighted by atomic mass is 16.5. The lowest BCUT2D eigenvalue weighted by Gasteiger charge is -2.37. The molecule has 0 aromatic carbocycles. The molecule has 2 rings (SSSR count). The standard InChI is InChI=1S/C7H13N5O/c1-2-13-5-3-12(4-5)7-9-6(8)10-11-7/h5H,2-4H2,1H3,(H3,8,9,10,11). The van der Waals surface area contributed by atoms with Crippen LogP contribution in [0.3, 0.4) is 0 Å². The predicted octanol–water partition coefficient (Wildman–Crippen LogP) is -0.388. The van der Waals surface area contributed by atoms with Gasteiger partial charge < -0.3 is 15.4 Å². The SMILES string of the molecule is CCOC1CN(c2n[nH]c(N)n2)C1. The van der Waals surface area contributed by atoms with Gasteiger partial charge in [0.1, 0.15) is 0 Å². The number of hydrogen-bond donors (Lipinski definition) is 2. The van der Waals surface area contributed by atoms with Crippen LogP contribution in [0.5, 0.6) is 0 Å². The summed E-state index contributed by atoms with van der Waals surface area (Å²) in [5.41, 5.74) is 5.40. The molecule has 0 bridgehead atoms. The molecule has 1 saturated heterocycles. The van der Waals surface area contributed by atoms with Gasteiger partial charge in [0.05, 0.1) is 6.10 Å². The molecule has 0 spiro atoms. The molecule has 0 saturated carbocycles. The molecule has 0 atom stereocenters. The van der Waals surface area contributed by atoms with Crippen molar-refractivity contribution >= 4 is 11.9 Å². The smallest absolute Gasteiger partial charge is 0.246 e. The van der Waals surface area contributed by atoms with Gasteiger partial charge in [0.25, 0.3) is 0 Å². The summed E-state index contributed by atoms with van der Waals surface area (Å²) in [4.78, 5) is 6.03. The zero-order chi connectivity index (χ0) is 9.26. The third-order valence-electron chi connectivity index (χ3n) is 2.02. The molecule has 1 aromatic heterocycles. The van der Waals surface area contributed by atoms with E-state index in [2.05, 4.69) is 15.2 Å². The van der Waals surface area contributed by atoms with Crippen LogP contribution in [0.1, 0.15) is 6.92 Å². The Morgan fingerprint density at radius 3 is 3.00 bits per heavy atom. The van der Waals surface area contributed by atoms with Gasteiger partial charge in [-0.2, -0.15) is 4.98 Å². The van der Waals surface area contributed by atoms with Gasteiger partial charge in [0, 0.05) is 19.7 Å². The van der Waals surface area contributed by atoms with Gasteiger partial charge >= 0.3 is 0 Å². The number of nitrogen functional groups attached to an aromatic ring is 1. The first-order valence-corrected chi connectivity index (χ1v) is 4.34. The molecule has 6 heteroatoms. The summed E-state index contributed by atoms with van der Waals surface area (Å²) in [5, 5.41) is 6.54. The van der Waals surface area contributed by atoms with Crippen LogP contribution in [0.15, 0.2) is 0 Å². The van der Waals surface area contributed by atoms with E-state index in [1.54, 1.807) is 0 Å². The van der Waals surface area contributed by atoms with Crippen LogP contribution in [0, 0.1) is 0 Å². The monoisotopic (exact) mass is 183 g/mol. The second-order valence-electron chi connectivity index (χ2n) is 3.00. The van der Waals surface area contributed by atoms with Gasteiger partial charge in [-0.1, -0.05) is 0 Å². The Hall–Kier alpha value is -1.30. The summed E-state index contributed by atoms with van der Waals surface area (Å²) in [6.07, 6.45) is 0.324. The maximum absolute atomic E-state index is 5.40. The van der Waals surface area contributed by atoms with E-state index in [1.165, 1.54) is 0 Å². The van der Waals surface area contributed by atoms with Gasteiger partial charge in [-0.25, -0.2) is 5.10 Å². The Morgan fingerprint density at radius 2 is 2.46 bits per heavy atom. The number of aromatic amines is 1. The molecule has 2 heterocycles. The van der Waals surface area contributed by atoms with Crippen LogP contribution in [0.25, 0.3) is 0 Å². The highest BCUT2D eigenvalue weighted by Gasteiger charge is 2.29. The molecular weight excluding hydrogens is 170 g/mol. The molecule has 0 aliphatic carbocycles. The van der Waals surface area contributed by atoms with Crippen molar-refractivity contribution in [3.63, 3.8) is 0 Å². The first kappa shape index (κ1) is 8.31. The molecule has 0 amide bonds. The lowest BCUT2D eigenvalue weighted by atomic mass is 10.2. The minimum atomic E-state index is 0.324. The van der Waals surface area contributed by atoms with Gasteiger partial charge in [-0.15, -0.1) is 5.10 Å². The normalized spacial score (nSPS) is 17.5. The topological polar surface area (TPSA) is 80.1 Å². The summed E-state index contributed by atoms with van der Waals surface area (Å²) in [6, 6.07) is 0. The molecule has 1 aromatic rings. The number of H-pyrrole nitrogens is 1. The lowest BCUT2D eigenvalue weighted by molar-refractivity contribution is 0.0423. The Morgan fingerprint density at radius 1 is 1.69 bits per heavy atom. The number of nitrogens with two attached hydrogens (primary N) is 1. The average molecular weight is 183 g/mol. The number of nitrogens with zero attached hydrogens (tertiary/aromatic N) is 3. The quantitative estimate of drug-likeness (QED) is 0.667. The van der Waals surface area contributed by atoms with E-state index in [4.69, 9.17) is 10.5 Å². The summed E-state index contributed by atoms with van der Waals surface area (Å²) in [5.74, 6) is 1.02. The molecule has 1 fully saturated rings. The first-order chi connectivity index (χ1) is 6.29. The molecule has 0 radical (unpaired) electrons. The second kappa shape index (κ2) is 3.21. The van der Waals surface area contributed by atoms with E-state index in [0.29, 0.717) is 18.0 Å². The molecule has 1 aliphatic heterocycles. The third-order valence-corrected chi connectivity index (χ3v) is 2.02.